The number of carbonyl (C=O) groups excluding carboxylic acids is 1. The Bertz CT molecular complexity index is 994. The Balaban J connectivity index is 1.68. The van der Waals surface area contributed by atoms with Gasteiger partial charge in [-0.3, -0.25) is 9.48 Å². The second kappa shape index (κ2) is 8.14. The molecule has 1 unspecified atom stereocenters. The van der Waals surface area contributed by atoms with Crippen molar-refractivity contribution in [2.75, 3.05) is 18.1 Å². The van der Waals surface area contributed by atoms with Crippen LogP contribution in [0, 0.1) is 13.8 Å². The molecule has 1 aliphatic heterocycles. The molecule has 1 aliphatic rings. The number of hydrogen-bond donors (Lipinski definition) is 1. The number of hydrogen-bond acceptors (Lipinski definition) is 6. The maximum absolute atomic E-state index is 12.2. The molecule has 0 spiro atoms. The largest absolute Gasteiger partial charge is 0.494 e. The van der Waals surface area contributed by atoms with E-state index in [0.717, 1.165) is 17.0 Å². The smallest absolute Gasteiger partial charge is 0.271 e. The van der Waals surface area contributed by atoms with E-state index in [9.17, 15) is 13.2 Å². The molecule has 0 radical (unpaired) electrons. The van der Waals surface area contributed by atoms with Gasteiger partial charge in [0.15, 0.2) is 9.84 Å². The minimum atomic E-state index is -2.99. The van der Waals surface area contributed by atoms with Crippen molar-refractivity contribution in [2.45, 2.75) is 33.2 Å². The summed E-state index contributed by atoms with van der Waals surface area (Å²) in [5.41, 5.74) is 5.32. The number of sulfone groups is 1. The van der Waals surface area contributed by atoms with Gasteiger partial charge in [-0.05, 0) is 51.5 Å². The topological polar surface area (TPSA) is 103 Å². The lowest BCUT2D eigenvalue weighted by molar-refractivity contribution is 0.0955. The number of benzene rings is 1. The first kappa shape index (κ1) is 20.1. The fourth-order valence-corrected chi connectivity index (χ4v) is 4.97. The van der Waals surface area contributed by atoms with E-state index in [0.29, 0.717) is 24.3 Å². The number of aromatic nitrogens is 2. The molecule has 8 nitrogen and oxygen atoms in total. The number of aryl methyl sites for hydroxylation is 1. The van der Waals surface area contributed by atoms with Crippen LogP contribution in [-0.4, -0.2) is 48.4 Å². The maximum atomic E-state index is 12.2. The molecular weight excluding hydrogens is 380 g/mol. The normalized spacial score (nSPS) is 18.5. The first-order valence-electron chi connectivity index (χ1n) is 9.13. The fraction of sp³-hybridized carbons (Fsp3) is 0.421. The molecule has 0 saturated carbocycles. The second-order valence-electron chi connectivity index (χ2n) is 6.74. The van der Waals surface area contributed by atoms with Crippen LogP contribution in [0.15, 0.2) is 29.4 Å². The van der Waals surface area contributed by atoms with Crippen LogP contribution in [0.4, 0.5) is 0 Å². The average Bonchev–Trinajstić information content (AvgIpc) is 3.15. The Kier molecular flexibility index (Phi) is 5.83. The summed E-state index contributed by atoms with van der Waals surface area (Å²) < 4.78 is 30.6. The Morgan fingerprint density at radius 1 is 1.36 bits per heavy atom. The van der Waals surface area contributed by atoms with Gasteiger partial charge in [0.25, 0.3) is 5.91 Å². The molecule has 1 aromatic heterocycles. The molecular formula is C19H24N4O4S. The van der Waals surface area contributed by atoms with E-state index in [1.165, 1.54) is 0 Å². The van der Waals surface area contributed by atoms with Crippen molar-refractivity contribution in [1.82, 2.24) is 15.2 Å². The zero-order valence-electron chi connectivity index (χ0n) is 16.2. The summed E-state index contributed by atoms with van der Waals surface area (Å²) in [5, 5.41) is 8.51. The molecule has 1 atom stereocenters. The third-order valence-corrected chi connectivity index (χ3v) is 6.47. The van der Waals surface area contributed by atoms with Crippen LogP contribution >= 0.6 is 0 Å². The van der Waals surface area contributed by atoms with Crippen molar-refractivity contribution in [3.05, 3.63) is 46.8 Å². The number of hydrazone groups is 1. The molecule has 150 valence electrons. The van der Waals surface area contributed by atoms with Gasteiger partial charge in [0, 0.05) is 16.8 Å². The lowest BCUT2D eigenvalue weighted by Gasteiger charge is -2.10. The summed E-state index contributed by atoms with van der Waals surface area (Å²) in [5.74, 6) is 0.677. The predicted octanol–water partition coefficient (Wildman–Crippen LogP) is 2.02. The van der Waals surface area contributed by atoms with Gasteiger partial charge in [0.05, 0.1) is 36.1 Å². The molecule has 28 heavy (non-hydrogen) atoms. The third kappa shape index (κ3) is 4.41. The number of amides is 1. The zero-order chi connectivity index (χ0) is 20.3. The first-order valence-corrected chi connectivity index (χ1v) is 10.9. The minimum absolute atomic E-state index is 0.111. The SMILES string of the molecule is CCOc1ccc(C(=O)N/N=C/c2c(C)nn(C3CCS(=O)(=O)C3)c2C)cc1. The standard InChI is InChI=1S/C19H24N4O4S/c1-4-27-17-7-5-15(6-8-17)19(24)21-20-11-18-13(2)22-23(14(18)3)16-9-10-28(25,26)12-16/h5-8,11,16H,4,9-10,12H2,1-3H3,(H,21,24)/b20-11+. The summed E-state index contributed by atoms with van der Waals surface area (Å²) >= 11 is 0. The van der Waals surface area contributed by atoms with Gasteiger partial charge in [-0.25, -0.2) is 13.8 Å². The van der Waals surface area contributed by atoms with Crippen LogP contribution in [-0.2, 0) is 9.84 Å². The summed E-state index contributed by atoms with van der Waals surface area (Å²) in [6.45, 7) is 6.17. The number of nitrogens with one attached hydrogen (secondary N) is 1. The number of ether oxygens (including phenoxy) is 1. The van der Waals surface area contributed by atoms with Crippen molar-refractivity contribution < 1.29 is 17.9 Å². The van der Waals surface area contributed by atoms with E-state index >= 15 is 0 Å². The molecule has 1 N–H and O–H groups in total. The van der Waals surface area contributed by atoms with E-state index in [1.807, 2.05) is 20.8 Å². The Morgan fingerprint density at radius 3 is 2.68 bits per heavy atom. The summed E-state index contributed by atoms with van der Waals surface area (Å²) in [6.07, 6.45) is 2.11. The van der Waals surface area contributed by atoms with E-state index in [1.54, 1.807) is 35.2 Å². The fourth-order valence-electron chi connectivity index (χ4n) is 3.28. The van der Waals surface area contributed by atoms with E-state index in [-0.39, 0.29) is 23.5 Å². The number of nitrogens with zero attached hydrogens (tertiary/aromatic N) is 3. The van der Waals surface area contributed by atoms with Crippen molar-refractivity contribution in [1.29, 1.82) is 0 Å². The molecule has 1 aromatic carbocycles. The van der Waals surface area contributed by atoms with E-state index in [4.69, 9.17) is 4.74 Å². The highest BCUT2D eigenvalue weighted by molar-refractivity contribution is 7.91. The van der Waals surface area contributed by atoms with Crippen LogP contribution in [0.2, 0.25) is 0 Å². The molecule has 1 amide bonds. The Morgan fingerprint density at radius 2 is 2.07 bits per heavy atom. The molecule has 3 rings (SSSR count). The monoisotopic (exact) mass is 404 g/mol. The minimum Gasteiger partial charge on any atom is -0.494 e. The summed E-state index contributed by atoms with van der Waals surface area (Å²) in [7, 11) is -2.99. The van der Waals surface area contributed by atoms with Crippen LogP contribution in [0.5, 0.6) is 5.75 Å². The van der Waals surface area contributed by atoms with Gasteiger partial charge in [-0.1, -0.05) is 0 Å². The molecule has 0 bridgehead atoms. The summed E-state index contributed by atoms with van der Waals surface area (Å²) in [4.78, 5) is 12.2. The van der Waals surface area contributed by atoms with Gasteiger partial charge < -0.3 is 4.74 Å². The molecule has 0 aliphatic carbocycles. The zero-order valence-corrected chi connectivity index (χ0v) is 17.0. The number of rotatable bonds is 6. The van der Waals surface area contributed by atoms with Crippen LogP contribution in [0.1, 0.15) is 46.7 Å². The van der Waals surface area contributed by atoms with E-state index in [2.05, 4.69) is 15.6 Å². The molecule has 2 heterocycles. The van der Waals surface area contributed by atoms with Crippen molar-refractivity contribution in [2.24, 2.45) is 5.10 Å². The highest BCUT2D eigenvalue weighted by Gasteiger charge is 2.31. The molecule has 1 fully saturated rings. The number of carbonyl (C=O) groups is 1. The molecule has 9 heteroatoms. The molecule has 1 saturated heterocycles. The van der Waals surface area contributed by atoms with Crippen LogP contribution in [0.3, 0.4) is 0 Å². The second-order valence-corrected chi connectivity index (χ2v) is 8.97. The Hall–Kier alpha value is -2.68. The van der Waals surface area contributed by atoms with Crippen LogP contribution in [0.25, 0.3) is 0 Å². The Labute approximate surface area is 164 Å². The van der Waals surface area contributed by atoms with Crippen LogP contribution < -0.4 is 10.2 Å². The van der Waals surface area contributed by atoms with Crippen molar-refractivity contribution in [3.63, 3.8) is 0 Å². The lowest BCUT2D eigenvalue weighted by atomic mass is 10.2. The molecule has 2 aromatic rings. The lowest BCUT2D eigenvalue weighted by Crippen LogP contribution is -2.17. The van der Waals surface area contributed by atoms with Gasteiger partial charge in [-0.15, -0.1) is 0 Å². The first-order chi connectivity index (χ1) is 13.3. The van der Waals surface area contributed by atoms with Gasteiger partial charge in [0.2, 0.25) is 0 Å². The van der Waals surface area contributed by atoms with Gasteiger partial charge in [0.1, 0.15) is 5.75 Å². The van der Waals surface area contributed by atoms with Gasteiger partial charge >= 0.3 is 0 Å². The van der Waals surface area contributed by atoms with Crippen molar-refractivity contribution >= 4 is 22.0 Å². The highest BCUT2D eigenvalue weighted by Crippen LogP contribution is 2.26. The summed E-state index contributed by atoms with van der Waals surface area (Å²) in [6, 6.07) is 6.66. The third-order valence-electron chi connectivity index (χ3n) is 4.72. The quantitative estimate of drug-likeness (QED) is 0.586. The maximum Gasteiger partial charge on any atom is 0.271 e. The van der Waals surface area contributed by atoms with Crippen molar-refractivity contribution in [3.8, 4) is 5.75 Å². The van der Waals surface area contributed by atoms with E-state index < -0.39 is 9.84 Å². The average molecular weight is 404 g/mol. The highest BCUT2D eigenvalue weighted by atomic mass is 32.2. The van der Waals surface area contributed by atoms with Gasteiger partial charge in [-0.2, -0.15) is 10.2 Å². The predicted molar refractivity (Wildman–Crippen MR) is 107 cm³/mol.